The zero-order valence-electron chi connectivity index (χ0n) is 12.6. The van der Waals surface area contributed by atoms with Gasteiger partial charge in [-0.2, -0.15) is 5.10 Å². The first-order valence-electron chi connectivity index (χ1n) is 7.99. The average Bonchev–Trinajstić information content (AvgIpc) is 3.17. The Bertz CT molecular complexity index is 638. The summed E-state index contributed by atoms with van der Waals surface area (Å²) in [5.41, 5.74) is 3.39. The number of halogens is 1. The van der Waals surface area contributed by atoms with Gasteiger partial charge in [0.05, 0.1) is 12.6 Å². The van der Waals surface area contributed by atoms with E-state index in [1.165, 1.54) is 43.4 Å². The van der Waals surface area contributed by atoms with E-state index in [1.807, 2.05) is 0 Å². The van der Waals surface area contributed by atoms with Crippen LogP contribution < -0.4 is 0 Å². The molecule has 2 unspecified atom stereocenters. The molecular formula is C17H21IN3P. The van der Waals surface area contributed by atoms with Crippen LogP contribution >= 0.6 is 28.4 Å². The number of piperidine rings is 1. The molecule has 2 aromatic rings. The summed E-state index contributed by atoms with van der Waals surface area (Å²) >= 11 is 2.39. The van der Waals surface area contributed by atoms with Gasteiger partial charge in [0, 0.05) is 24.8 Å². The molecule has 116 valence electrons. The first-order valence-corrected chi connectivity index (χ1v) is 12.1. The van der Waals surface area contributed by atoms with Crippen molar-refractivity contribution >= 4 is 28.4 Å². The Labute approximate surface area is 146 Å². The van der Waals surface area contributed by atoms with Gasteiger partial charge >= 0.3 is 0 Å². The molecule has 2 aliphatic rings. The molecule has 2 atom stereocenters. The van der Waals surface area contributed by atoms with Crippen molar-refractivity contribution in [1.29, 1.82) is 0 Å². The standard InChI is InChI=1S/C17H21IN3P/c18-22-21-13-16(10-19-21)15-6-7-17(8-9-17)20(12-15)11-14-4-2-1-3-5-14/h1-5,10,13,15,22H,6-9,11-12H2. The quantitative estimate of drug-likeness (QED) is 0.528. The van der Waals surface area contributed by atoms with Crippen LogP contribution in [0.2, 0.25) is 0 Å². The smallest absolute Gasteiger partial charge is 0.0677 e. The third kappa shape index (κ3) is 2.98. The highest BCUT2D eigenvalue weighted by atomic mass is 127. The molecule has 1 aromatic heterocycles. The van der Waals surface area contributed by atoms with Crippen LogP contribution in [-0.2, 0) is 6.54 Å². The summed E-state index contributed by atoms with van der Waals surface area (Å²) in [6.07, 6.45) is 10.5. The molecule has 2 heterocycles. The maximum atomic E-state index is 4.47. The van der Waals surface area contributed by atoms with Gasteiger partial charge in [0.25, 0.3) is 0 Å². The molecule has 1 aromatic carbocycles. The number of nitrogens with zero attached hydrogens (tertiary/aromatic N) is 3. The normalized spacial score (nSPS) is 24.3. The Kier molecular flexibility index (Phi) is 4.27. The van der Waals surface area contributed by atoms with Crippen molar-refractivity contribution in [2.75, 3.05) is 6.54 Å². The van der Waals surface area contributed by atoms with E-state index in [1.54, 1.807) is 0 Å². The molecule has 3 nitrogen and oxygen atoms in total. The molecule has 0 bridgehead atoms. The van der Waals surface area contributed by atoms with Crippen LogP contribution in [0.4, 0.5) is 0 Å². The summed E-state index contributed by atoms with van der Waals surface area (Å²) in [5, 5.41) is 4.47. The molecule has 22 heavy (non-hydrogen) atoms. The largest absolute Gasteiger partial charge is 0.293 e. The van der Waals surface area contributed by atoms with E-state index in [9.17, 15) is 0 Å². The third-order valence-electron chi connectivity index (χ3n) is 5.27. The van der Waals surface area contributed by atoms with Crippen molar-refractivity contribution in [2.45, 2.75) is 43.7 Å². The number of rotatable bonds is 4. The molecule has 1 saturated carbocycles. The van der Waals surface area contributed by atoms with Crippen molar-refractivity contribution in [2.24, 2.45) is 0 Å². The van der Waals surface area contributed by atoms with E-state index in [0.29, 0.717) is 17.8 Å². The van der Waals surface area contributed by atoms with E-state index in [2.05, 4.69) is 79.2 Å². The van der Waals surface area contributed by atoms with Gasteiger partial charge in [0.1, 0.15) is 0 Å². The van der Waals surface area contributed by atoms with E-state index in [0.717, 1.165) is 6.54 Å². The Hall–Kier alpha value is -0.450. The molecular weight excluding hydrogens is 404 g/mol. The first kappa shape index (κ1) is 15.1. The lowest BCUT2D eigenvalue weighted by Gasteiger charge is -2.40. The topological polar surface area (TPSA) is 21.1 Å². The maximum Gasteiger partial charge on any atom is 0.0677 e. The molecule has 0 N–H and O–H groups in total. The highest BCUT2D eigenvalue weighted by Crippen LogP contribution is 2.51. The molecule has 5 heteroatoms. The third-order valence-corrected chi connectivity index (χ3v) is 7.17. The summed E-state index contributed by atoms with van der Waals surface area (Å²) in [5.74, 6) is 0.649. The van der Waals surface area contributed by atoms with Gasteiger partial charge in [-0.15, -0.1) is 0 Å². The zero-order valence-corrected chi connectivity index (χ0v) is 15.7. The Morgan fingerprint density at radius 1 is 1.23 bits per heavy atom. The van der Waals surface area contributed by atoms with Crippen LogP contribution in [0, 0.1) is 0 Å². The second kappa shape index (κ2) is 6.21. The van der Waals surface area contributed by atoms with Crippen LogP contribution in [0.15, 0.2) is 42.7 Å². The number of aromatic nitrogens is 2. The predicted octanol–water partition coefficient (Wildman–Crippen LogP) is 4.59. The van der Waals surface area contributed by atoms with Gasteiger partial charge in [0.15, 0.2) is 0 Å². The van der Waals surface area contributed by atoms with E-state index in [-0.39, 0.29) is 0 Å². The van der Waals surface area contributed by atoms with Gasteiger partial charge in [0.2, 0.25) is 0 Å². The highest BCUT2D eigenvalue weighted by molar-refractivity contribution is 14.2. The zero-order chi connectivity index (χ0) is 15.0. The molecule has 4 rings (SSSR count). The van der Waals surface area contributed by atoms with E-state index in [4.69, 9.17) is 0 Å². The molecule has 1 aliphatic carbocycles. The number of likely N-dealkylation sites (tertiary alicyclic amines) is 1. The summed E-state index contributed by atoms with van der Waals surface area (Å²) in [4.78, 5) is 2.75. The summed E-state index contributed by atoms with van der Waals surface area (Å²) in [6, 6.07) is 10.9. The lowest BCUT2D eigenvalue weighted by molar-refractivity contribution is 0.106. The molecule has 0 radical (unpaired) electrons. The summed E-state index contributed by atoms with van der Waals surface area (Å²) < 4.78 is 2.07. The van der Waals surface area contributed by atoms with E-state index < -0.39 is 0 Å². The molecule has 1 spiro atoms. The van der Waals surface area contributed by atoms with Crippen molar-refractivity contribution in [3.8, 4) is 0 Å². The minimum atomic E-state index is 0.521. The maximum absolute atomic E-state index is 4.47. The minimum Gasteiger partial charge on any atom is -0.293 e. The fraction of sp³-hybridized carbons (Fsp3) is 0.471. The summed E-state index contributed by atoms with van der Waals surface area (Å²) in [6.45, 7) is 2.28. The lowest BCUT2D eigenvalue weighted by atomic mass is 9.87. The number of hydrogen-bond donors (Lipinski definition) is 0. The van der Waals surface area contributed by atoms with Crippen molar-refractivity contribution in [3.63, 3.8) is 0 Å². The molecule has 2 fully saturated rings. The number of benzene rings is 1. The average molecular weight is 425 g/mol. The lowest BCUT2D eigenvalue weighted by Crippen LogP contribution is -2.43. The van der Waals surface area contributed by atoms with Gasteiger partial charge < -0.3 is 0 Å². The SMILES string of the molecule is IPn1cc(C2CCC3(CC3)N(Cc3ccccc3)C2)cn1. The molecule has 1 aliphatic heterocycles. The Balaban J connectivity index is 1.51. The van der Waals surface area contributed by atoms with Crippen molar-refractivity contribution in [1.82, 2.24) is 14.5 Å². The van der Waals surface area contributed by atoms with Crippen molar-refractivity contribution in [3.05, 3.63) is 53.9 Å². The second-order valence-electron chi connectivity index (χ2n) is 6.63. The number of hydrogen-bond acceptors (Lipinski definition) is 2. The predicted molar refractivity (Wildman–Crippen MR) is 101 cm³/mol. The van der Waals surface area contributed by atoms with Gasteiger partial charge in [-0.1, -0.05) is 30.3 Å². The molecule has 0 amide bonds. The van der Waals surface area contributed by atoms with Gasteiger partial charge in [-0.25, -0.2) is 4.45 Å². The highest BCUT2D eigenvalue weighted by Gasteiger charge is 2.50. The Morgan fingerprint density at radius 2 is 2.05 bits per heavy atom. The van der Waals surface area contributed by atoms with Crippen molar-refractivity contribution < 1.29 is 0 Å². The first-order chi connectivity index (χ1) is 10.8. The van der Waals surface area contributed by atoms with Crippen LogP contribution in [0.1, 0.15) is 42.7 Å². The summed E-state index contributed by atoms with van der Waals surface area (Å²) in [7, 11) is 0. The van der Waals surface area contributed by atoms with E-state index >= 15 is 0 Å². The molecule has 1 saturated heterocycles. The van der Waals surface area contributed by atoms with Crippen LogP contribution in [0.3, 0.4) is 0 Å². The van der Waals surface area contributed by atoms with Gasteiger partial charge in [-0.3, -0.25) is 4.90 Å². The fourth-order valence-electron chi connectivity index (χ4n) is 3.76. The van der Waals surface area contributed by atoms with Crippen LogP contribution in [0.25, 0.3) is 0 Å². The van der Waals surface area contributed by atoms with Gasteiger partial charge in [-0.05, 0) is 64.8 Å². The minimum absolute atomic E-state index is 0.521. The fourth-order valence-corrected chi connectivity index (χ4v) is 4.86. The Morgan fingerprint density at radius 3 is 2.73 bits per heavy atom. The van der Waals surface area contributed by atoms with Crippen LogP contribution in [0.5, 0.6) is 0 Å². The van der Waals surface area contributed by atoms with Crippen LogP contribution in [-0.4, -0.2) is 26.5 Å². The monoisotopic (exact) mass is 425 g/mol. The second-order valence-corrected chi connectivity index (χ2v) is 8.70.